The molecule has 0 heterocycles. The molecule has 0 amide bonds. The van der Waals surface area contributed by atoms with E-state index in [1.165, 1.54) is 38.3 Å². The standard InChI is InChI=1S/C6H12B2N2O2.2W/c1-9(2)7(11-5)8(12-6)10(3)4;;/h1-4H3;;/q;2*+1. The van der Waals surface area contributed by atoms with Crippen molar-refractivity contribution in [3.8, 4) is 8.78 Å². The van der Waals surface area contributed by atoms with Crippen LogP contribution in [0.1, 0.15) is 0 Å². The normalized spacial score (nSPS) is 7.86. The summed E-state index contributed by atoms with van der Waals surface area (Å²) in [6, 6.07) is 0. The molecule has 0 rings (SSSR count). The first kappa shape index (κ1) is 14.3. The summed E-state index contributed by atoms with van der Waals surface area (Å²) in [6.45, 7) is -0.316. The van der Waals surface area contributed by atoms with Crippen LogP contribution in [0.5, 0.6) is 0 Å². The van der Waals surface area contributed by atoms with Crippen molar-refractivity contribution in [3.63, 3.8) is 0 Å². The summed E-state index contributed by atoms with van der Waals surface area (Å²) >= 11 is 2.33. The molecule has 0 N–H and O–H groups in total. The molecule has 0 saturated heterocycles. The Kier molecular flexibility index (Phi) is 7.69. The van der Waals surface area contributed by atoms with Crippen LogP contribution in [0.4, 0.5) is 0 Å². The molecule has 0 aliphatic rings. The fourth-order valence-corrected chi connectivity index (χ4v) is 1.64. The van der Waals surface area contributed by atoms with Crippen molar-refractivity contribution in [2.75, 3.05) is 28.2 Å². The Morgan fingerprint density at radius 1 is 0.857 bits per heavy atom. The summed E-state index contributed by atoms with van der Waals surface area (Å²) in [5.74, 6) is 0. The summed E-state index contributed by atoms with van der Waals surface area (Å²) in [5.41, 5.74) is 0. The van der Waals surface area contributed by atoms with Gasteiger partial charge in [0.25, 0.3) is 0 Å². The first-order chi connectivity index (χ1) is 6.54. The molecular weight excluding hydrogens is 521 g/mol. The number of nitrogens with zero attached hydrogens (tertiary/aromatic N) is 2. The fraction of sp³-hybridized carbons (Fsp3) is 0.667. The van der Waals surface area contributed by atoms with E-state index in [2.05, 4.69) is 8.78 Å². The van der Waals surface area contributed by atoms with Crippen molar-refractivity contribution in [2.45, 2.75) is 0 Å². The fourth-order valence-electron chi connectivity index (χ4n) is 0.936. The zero-order chi connectivity index (χ0) is 11.1. The predicted octanol–water partition coefficient (Wildman–Crippen LogP) is -0.917. The van der Waals surface area contributed by atoms with Gasteiger partial charge in [-0.3, -0.25) is 0 Å². The van der Waals surface area contributed by atoms with Crippen molar-refractivity contribution < 1.29 is 56.6 Å². The molecule has 0 atom stereocenters. The van der Waals surface area contributed by atoms with Crippen LogP contribution in [0, 0.1) is 8.78 Å². The van der Waals surface area contributed by atoms with Crippen LogP contribution in [0.2, 0.25) is 0 Å². The van der Waals surface area contributed by atoms with Crippen molar-refractivity contribution >= 4 is 13.2 Å². The molecule has 0 fully saturated rings. The molecule has 0 spiro atoms. The van der Waals surface area contributed by atoms with E-state index >= 15 is 0 Å². The second-order valence-electron chi connectivity index (χ2n) is 3.11. The van der Waals surface area contributed by atoms with Crippen LogP contribution in [0.15, 0.2) is 0 Å². The van der Waals surface area contributed by atoms with E-state index in [1.807, 2.05) is 37.1 Å². The van der Waals surface area contributed by atoms with Gasteiger partial charge in [0.2, 0.25) is 0 Å². The summed E-state index contributed by atoms with van der Waals surface area (Å²) in [5, 5.41) is 0. The molecular formula is C6H12B2N2O2W2+2. The summed E-state index contributed by atoms with van der Waals surface area (Å²) in [7, 11) is 7.78. The first-order valence-electron chi connectivity index (χ1n) is 3.93. The topological polar surface area (TPSA) is 24.5 Å². The van der Waals surface area contributed by atoms with Crippen molar-refractivity contribution in [1.29, 1.82) is 0 Å². The number of hydrogen-bond acceptors (Lipinski definition) is 2. The zero-order valence-corrected chi connectivity index (χ0v) is 14.5. The van der Waals surface area contributed by atoms with E-state index in [0.717, 1.165) is 0 Å². The molecule has 0 bridgehead atoms. The van der Waals surface area contributed by atoms with Crippen LogP contribution in [-0.2, 0) is 47.6 Å². The van der Waals surface area contributed by atoms with Gasteiger partial charge in [-0.1, -0.05) is 0 Å². The second kappa shape index (κ2) is 7.54. The SMILES string of the molecule is C[N+](C)=[B-](O[C]#[W+])[B-](O[C]#[W+])=[N+](C)C. The Hall–Kier alpha value is 0.266. The van der Waals surface area contributed by atoms with Gasteiger partial charge in [-0.25, -0.2) is 0 Å². The summed E-state index contributed by atoms with van der Waals surface area (Å²) in [6.07, 6.45) is 0. The minimum atomic E-state index is -0.158. The van der Waals surface area contributed by atoms with Gasteiger partial charge in [-0.2, -0.15) is 0 Å². The molecule has 74 valence electrons. The van der Waals surface area contributed by atoms with E-state index in [1.54, 1.807) is 0 Å². The van der Waals surface area contributed by atoms with Crippen LogP contribution in [-0.4, -0.2) is 50.3 Å². The van der Waals surface area contributed by atoms with Gasteiger partial charge in [0.1, 0.15) is 0 Å². The van der Waals surface area contributed by atoms with Crippen molar-refractivity contribution in [3.05, 3.63) is 0 Å². The van der Waals surface area contributed by atoms with E-state index in [4.69, 9.17) is 9.31 Å². The molecule has 14 heavy (non-hydrogen) atoms. The average Bonchev–Trinajstić information content (AvgIpc) is 2.10. The Balaban J connectivity index is 5.22. The van der Waals surface area contributed by atoms with Crippen molar-refractivity contribution in [2.24, 2.45) is 0 Å². The van der Waals surface area contributed by atoms with Crippen LogP contribution >= 0.6 is 0 Å². The van der Waals surface area contributed by atoms with Gasteiger partial charge < -0.3 is 0 Å². The van der Waals surface area contributed by atoms with Gasteiger partial charge in [-0.05, 0) is 0 Å². The molecule has 0 aromatic rings. The van der Waals surface area contributed by atoms with Gasteiger partial charge in [-0.15, -0.1) is 0 Å². The molecule has 4 nitrogen and oxygen atoms in total. The second-order valence-corrected chi connectivity index (χ2v) is 4.31. The Labute approximate surface area is 106 Å². The molecule has 0 radical (unpaired) electrons. The van der Waals surface area contributed by atoms with E-state index in [0.29, 0.717) is 0 Å². The number of hydrogen-bond donors (Lipinski definition) is 0. The van der Waals surface area contributed by atoms with E-state index < -0.39 is 0 Å². The molecule has 0 unspecified atom stereocenters. The Morgan fingerprint density at radius 2 is 1.14 bits per heavy atom. The molecule has 0 aromatic carbocycles. The van der Waals surface area contributed by atoms with Gasteiger partial charge in [0, 0.05) is 0 Å². The number of rotatable bonds is 3. The maximum absolute atomic E-state index is 5.39. The molecule has 0 aliphatic heterocycles. The molecule has 0 aliphatic carbocycles. The average molecular weight is 533 g/mol. The molecule has 0 saturated carbocycles. The van der Waals surface area contributed by atoms with Gasteiger partial charge >= 0.3 is 107 Å². The molecule has 0 aromatic heterocycles. The van der Waals surface area contributed by atoms with Crippen LogP contribution < -0.4 is 0 Å². The predicted molar refractivity (Wildman–Crippen MR) is 45.7 cm³/mol. The van der Waals surface area contributed by atoms with E-state index in [-0.39, 0.29) is 13.2 Å². The van der Waals surface area contributed by atoms with Crippen LogP contribution in [0.3, 0.4) is 0 Å². The first-order valence-corrected chi connectivity index (χ1v) is 6.86. The van der Waals surface area contributed by atoms with Gasteiger partial charge in [0.15, 0.2) is 0 Å². The monoisotopic (exact) mass is 534 g/mol. The molecule has 8 heteroatoms. The quantitative estimate of drug-likeness (QED) is 0.439. The maximum atomic E-state index is 5.39. The third-order valence-corrected chi connectivity index (χ3v) is 2.29. The Morgan fingerprint density at radius 3 is 1.29 bits per heavy atom. The third kappa shape index (κ3) is 4.67. The summed E-state index contributed by atoms with van der Waals surface area (Å²) in [4.78, 5) is 0. The van der Waals surface area contributed by atoms with Gasteiger partial charge in [0.05, 0.1) is 0 Å². The Bertz CT molecular complexity index is 323. The summed E-state index contributed by atoms with van der Waals surface area (Å²) < 4.78 is 20.2. The zero-order valence-electron chi connectivity index (χ0n) is 8.68. The third-order valence-electron chi connectivity index (χ3n) is 1.60. The van der Waals surface area contributed by atoms with Crippen LogP contribution in [0.25, 0.3) is 0 Å². The minimum absolute atomic E-state index is 0.158. The van der Waals surface area contributed by atoms with E-state index in [9.17, 15) is 0 Å². The van der Waals surface area contributed by atoms with Crippen molar-refractivity contribution in [1.82, 2.24) is 0 Å².